The monoisotopic (exact) mass is 307 g/mol. The fraction of sp³-hybridized carbons (Fsp3) is 0.188. The van der Waals surface area contributed by atoms with Gasteiger partial charge >= 0.3 is 0 Å². The molecule has 0 bridgehead atoms. The lowest BCUT2D eigenvalue weighted by Crippen LogP contribution is -2.28. The van der Waals surface area contributed by atoms with E-state index in [0.29, 0.717) is 11.1 Å². The molecule has 0 fully saturated rings. The van der Waals surface area contributed by atoms with Crippen LogP contribution >= 0.6 is 11.6 Å². The molecular formula is C16H15ClFNO2. The van der Waals surface area contributed by atoms with E-state index in [1.54, 1.807) is 12.1 Å². The van der Waals surface area contributed by atoms with E-state index in [0.717, 1.165) is 11.6 Å². The summed E-state index contributed by atoms with van der Waals surface area (Å²) < 4.78 is 13.3. The standard InChI is InChI=1S/C16H15ClFNO2/c1-10-4-2-3-5-12(10)16(21)19-9-15(20)11-6-7-13(17)14(18)8-11/h2-8,15,20H,9H2,1H3,(H,19,21). The number of aliphatic hydroxyl groups excluding tert-OH is 1. The quantitative estimate of drug-likeness (QED) is 0.911. The number of carbonyl (C=O) groups is 1. The maximum Gasteiger partial charge on any atom is 0.251 e. The second kappa shape index (κ2) is 6.70. The maximum absolute atomic E-state index is 13.3. The van der Waals surface area contributed by atoms with Gasteiger partial charge in [-0.2, -0.15) is 0 Å². The number of aliphatic hydroxyl groups is 1. The number of rotatable bonds is 4. The summed E-state index contributed by atoms with van der Waals surface area (Å²) in [6.07, 6.45) is -0.996. The molecule has 0 heterocycles. The Morgan fingerprint density at radius 3 is 2.71 bits per heavy atom. The van der Waals surface area contributed by atoms with Crippen LogP contribution in [-0.2, 0) is 0 Å². The van der Waals surface area contributed by atoms with Crippen LogP contribution in [0.1, 0.15) is 27.6 Å². The Hall–Kier alpha value is -1.91. The summed E-state index contributed by atoms with van der Waals surface area (Å²) in [6, 6.07) is 11.2. The van der Waals surface area contributed by atoms with Crippen LogP contribution in [0.2, 0.25) is 5.02 Å². The van der Waals surface area contributed by atoms with Gasteiger partial charge < -0.3 is 10.4 Å². The predicted molar refractivity (Wildman–Crippen MR) is 79.9 cm³/mol. The highest BCUT2D eigenvalue weighted by Crippen LogP contribution is 2.20. The Labute approximate surface area is 127 Å². The molecule has 110 valence electrons. The number of benzene rings is 2. The molecule has 0 aliphatic carbocycles. The number of hydrogen-bond acceptors (Lipinski definition) is 2. The zero-order valence-corrected chi connectivity index (χ0v) is 12.2. The molecule has 2 aromatic carbocycles. The Balaban J connectivity index is 2.01. The van der Waals surface area contributed by atoms with Crippen LogP contribution in [-0.4, -0.2) is 17.6 Å². The van der Waals surface area contributed by atoms with E-state index in [4.69, 9.17) is 11.6 Å². The number of aryl methyl sites for hydroxylation is 1. The molecule has 0 aliphatic rings. The van der Waals surface area contributed by atoms with Gasteiger partial charge in [0, 0.05) is 12.1 Å². The van der Waals surface area contributed by atoms with Crippen LogP contribution in [0.15, 0.2) is 42.5 Å². The van der Waals surface area contributed by atoms with Crippen molar-refractivity contribution in [2.24, 2.45) is 0 Å². The highest BCUT2D eigenvalue weighted by molar-refractivity contribution is 6.30. The first-order valence-corrected chi connectivity index (χ1v) is 6.83. The largest absolute Gasteiger partial charge is 0.387 e. The SMILES string of the molecule is Cc1ccccc1C(=O)NCC(O)c1ccc(Cl)c(F)c1. The van der Waals surface area contributed by atoms with Crippen LogP contribution in [0.5, 0.6) is 0 Å². The van der Waals surface area contributed by atoms with Crippen LogP contribution in [0, 0.1) is 12.7 Å². The molecular weight excluding hydrogens is 293 g/mol. The van der Waals surface area contributed by atoms with Crippen LogP contribution in [0.25, 0.3) is 0 Å². The highest BCUT2D eigenvalue weighted by atomic mass is 35.5. The number of carbonyl (C=O) groups excluding carboxylic acids is 1. The highest BCUT2D eigenvalue weighted by Gasteiger charge is 2.13. The summed E-state index contributed by atoms with van der Waals surface area (Å²) in [5, 5.41) is 12.6. The predicted octanol–water partition coefficient (Wildman–Crippen LogP) is 3.25. The van der Waals surface area contributed by atoms with E-state index >= 15 is 0 Å². The molecule has 2 rings (SSSR count). The topological polar surface area (TPSA) is 49.3 Å². The van der Waals surface area contributed by atoms with Crippen molar-refractivity contribution in [2.45, 2.75) is 13.0 Å². The summed E-state index contributed by atoms with van der Waals surface area (Å²) in [4.78, 5) is 12.0. The number of hydrogen-bond donors (Lipinski definition) is 2. The zero-order valence-electron chi connectivity index (χ0n) is 11.4. The number of halogens is 2. The fourth-order valence-corrected chi connectivity index (χ4v) is 2.07. The van der Waals surface area contributed by atoms with Crippen molar-refractivity contribution in [3.8, 4) is 0 Å². The second-order valence-electron chi connectivity index (χ2n) is 4.71. The van der Waals surface area contributed by atoms with Crippen molar-refractivity contribution in [1.82, 2.24) is 5.32 Å². The molecule has 2 aromatic rings. The lowest BCUT2D eigenvalue weighted by atomic mass is 10.1. The minimum Gasteiger partial charge on any atom is -0.387 e. The summed E-state index contributed by atoms with van der Waals surface area (Å²) in [5.74, 6) is -0.875. The van der Waals surface area contributed by atoms with Gasteiger partial charge in [0.25, 0.3) is 5.91 Å². The number of nitrogens with one attached hydrogen (secondary N) is 1. The average Bonchev–Trinajstić information content (AvgIpc) is 2.47. The van der Waals surface area contributed by atoms with E-state index in [1.165, 1.54) is 12.1 Å². The molecule has 0 saturated heterocycles. The molecule has 3 nitrogen and oxygen atoms in total. The van der Waals surface area contributed by atoms with Gasteiger partial charge in [0.05, 0.1) is 11.1 Å². The Morgan fingerprint density at radius 2 is 2.05 bits per heavy atom. The van der Waals surface area contributed by atoms with Crippen LogP contribution in [0.3, 0.4) is 0 Å². The first kappa shape index (κ1) is 15.5. The third-order valence-corrected chi connectivity index (χ3v) is 3.48. The van der Waals surface area contributed by atoms with Gasteiger partial charge in [-0.05, 0) is 36.2 Å². The Kier molecular flexibility index (Phi) is 4.94. The average molecular weight is 308 g/mol. The summed E-state index contributed by atoms with van der Waals surface area (Å²) in [5.41, 5.74) is 1.76. The van der Waals surface area contributed by atoms with Gasteiger partial charge in [0.1, 0.15) is 5.82 Å². The molecule has 1 unspecified atom stereocenters. The van der Waals surface area contributed by atoms with Crippen molar-refractivity contribution >= 4 is 17.5 Å². The third kappa shape index (κ3) is 3.80. The van der Waals surface area contributed by atoms with Gasteiger partial charge in [0.2, 0.25) is 0 Å². The summed E-state index contributed by atoms with van der Waals surface area (Å²) in [6.45, 7) is 1.83. The lowest BCUT2D eigenvalue weighted by molar-refractivity contribution is 0.0915. The Morgan fingerprint density at radius 1 is 1.33 bits per heavy atom. The van der Waals surface area contributed by atoms with Gasteiger partial charge in [-0.1, -0.05) is 35.9 Å². The minimum atomic E-state index is -0.996. The molecule has 0 aromatic heterocycles. The maximum atomic E-state index is 13.3. The molecule has 21 heavy (non-hydrogen) atoms. The molecule has 0 saturated carbocycles. The van der Waals surface area contributed by atoms with E-state index in [-0.39, 0.29) is 17.5 Å². The lowest BCUT2D eigenvalue weighted by Gasteiger charge is -2.13. The van der Waals surface area contributed by atoms with Gasteiger partial charge in [0.15, 0.2) is 0 Å². The first-order valence-electron chi connectivity index (χ1n) is 6.46. The van der Waals surface area contributed by atoms with Gasteiger partial charge in [-0.3, -0.25) is 4.79 Å². The molecule has 0 spiro atoms. The second-order valence-corrected chi connectivity index (χ2v) is 5.12. The van der Waals surface area contributed by atoms with E-state index in [9.17, 15) is 14.3 Å². The zero-order chi connectivity index (χ0) is 15.4. The van der Waals surface area contributed by atoms with Crippen molar-refractivity contribution in [2.75, 3.05) is 6.54 Å². The molecule has 0 aliphatic heterocycles. The minimum absolute atomic E-state index is 0.00473. The molecule has 1 amide bonds. The van der Waals surface area contributed by atoms with Crippen molar-refractivity contribution in [3.63, 3.8) is 0 Å². The van der Waals surface area contributed by atoms with Gasteiger partial charge in [-0.15, -0.1) is 0 Å². The Bertz CT molecular complexity index is 660. The summed E-state index contributed by atoms with van der Waals surface area (Å²) >= 11 is 5.58. The van der Waals surface area contributed by atoms with Crippen molar-refractivity contribution < 1.29 is 14.3 Å². The van der Waals surface area contributed by atoms with Crippen LogP contribution < -0.4 is 5.32 Å². The van der Waals surface area contributed by atoms with E-state index < -0.39 is 11.9 Å². The fourth-order valence-electron chi connectivity index (χ4n) is 1.95. The normalized spacial score (nSPS) is 12.0. The van der Waals surface area contributed by atoms with E-state index in [2.05, 4.69) is 5.32 Å². The van der Waals surface area contributed by atoms with E-state index in [1.807, 2.05) is 19.1 Å². The summed E-state index contributed by atoms with van der Waals surface area (Å²) in [7, 11) is 0. The van der Waals surface area contributed by atoms with Crippen molar-refractivity contribution in [1.29, 1.82) is 0 Å². The molecule has 5 heteroatoms. The molecule has 2 N–H and O–H groups in total. The molecule has 1 atom stereocenters. The smallest absolute Gasteiger partial charge is 0.251 e. The molecule has 0 radical (unpaired) electrons. The van der Waals surface area contributed by atoms with Crippen molar-refractivity contribution in [3.05, 3.63) is 70.0 Å². The van der Waals surface area contributed by atoms with Gasteiger partial charge in [-0.25, -0.2) is 4.39 Å². The number of amides is 1. The van der Waals surface area contributed by atoms with Crippen LogP contribution in [0.4, 0.5) is 4.39 Å². The third-order valence-electron chi connectivity index (χ3n) is 3.17. The first-order chi connectivity index (χ1) is 9.99.